The van der Waals surface area contributed by atoms with Gasteiger partial charge >= 0.3 is 0 Å². The Morgan fingerprint density at radius 3 is 2.81 bits per heavy atom. The summed E-state index contributed by atoms with van der Waals surface area (Å²) >= 11 is 12.2. The summed E-state index contributed by atoms with van der Waals surface area (Å²) in [4.78, 5) is 0. The van der Waals surface area contributed by atoms with E-state index in [9.17, 15) is 0 Å². The van der Waals surface area contributed by atoms with Crippen LogP contribution in [0.1, 0.15) is 24.1 Å². The maximum absolute atomic E-state index is 6.32. The molecule has 0 amide bonds. The normalized spacial score (nSPS) is 24.7. The number of benzene rings is 1. The van der Waals surface area contributed by atoms with Gasteiger partial charge in [0.25, 0.3) is 0 Å². The molecule has 90 valence electrons. The summed E-state index contributed by atoms with van der Waals surface area (Å²) in [6.45, 7) is 2.78. The van der Waals surface area contributed by atoms with Gasteiger partial charge in [0.1, 0.15) is 0 Å². The van der Waals surface area contributed by atoms with Gasteiger partial charge in [-0.2, -0.15) is 0 Å². The van der Waals surface area contributed by atoms with Crippen LogP contribution in [-0.2, 0) is 6.42 Å². The zero-order valence-electron chi connectivity index (χ0n) is 9.12. The molecular weight excluding hydrogens is 264 g/mol. The van der Waals surface area contributed by atoms with Gasteiger partial charge in [-0.25, -0.2) is 0 Å². The third-order valence-electron chi connectivity index (χ3n) is 2.79. The molecular formula is C12H16Cl3N. The fraction of sp³-hybridized carbons (Fsp3) is 0.500. The Bertz CT molecular complexity index is 341. The quantitative estimate of drug-likeness (QED) is 0.835. The molecule has 3 atom stereocenters. The second kappa shape index (κ2) is 6.11. The Labute approximate surface area is 113 Å². The highest BCUT2D eigenvalue weighted by molar-refractivity contribution is 6.21. The van der Waals surface area contributed by atoms with E-state index in [0.717, 1.165) is 13.0 Å². The van der Waals surface area contributed by atoms with Gasteiger partial charge in [-0.1, -0.05) is 24.3 Å². The lowest BCUT2D eigenvalue weighted by atomic mass is 10.1. The maximum atomic E-state index is 6.32. The second-order valence-corrected chi connectivity index (χ2v) is 5.39. The molecule has 1 aromatic carbocycles. The van der Waals surface area contributed by atoms with Gasteiger partial charge in [0, 0.05) is 18.0 Å². The van der Waals surface area contributed by atoms with Crippen molar-refractivity contribution in [2.75, 3.05) is 6.54 Å². The van der Waals surface area contributed by atoms with Gasteiger partial charge in [0.15, 0.2) is 0 Å². The maximum Gasteiger partial charge on any atom is 0.0571 e. The molecule has 3 unspecified atom stereocenters. The summed E-state index contributed by atoms with van der Waals surface area (Å²) in [6, 6.07) is 8.68. The number of nitrogens with one attached hydrogen (secondary N) is 1. The molecule has 0 aliphatic heterocycles. The zero-order valence-corrected chi connectivity index (χ0v) is 11.4. The third kappa shape index (κ3) is 3.04. The standard InChI is InChI=1S/C12H15Cl2N.ClH/c1-8(13)7-15-12-10-5-3-2-4-9(10)6-11(12)14;/h2-5,8,11-12,15H,6-7H2,1H3;1H. The van der Waals surface area contributed by atoms with E-state index in [1.54, 1.807) is 0 Å². The average Bonchev–Trinajstić information content (AvgIpc) is 2.50. The molecule has 0 bridgehead atoms. The van der Waals surface area contributed by atoms with Crippen LogP contribution in [0.25, 0.3) is 0 Å². The fourth-order valence-corrected chi connectivity index (χ4v) is 2.55. The van der Waals surface area contributed by atoms with Gasteiger partial charge in [-0.05, 0) is 24.5 Å². The van der Waals surface area contributed by atoms with Crippen LogP contribution in [0.15, 0.2) is 24.3 Å². The smallest absolute Gasteiger partial charge is 0.0571 e. The topological polar surface area (TPSA) is 12.0 Å². The van der Waals surface area contributed by atoms with Crippen molar-refractivity contribution >= 4 is 35.6 Å². The summed E-state index contributed by atoms with van der Waals surface area (Å²) in [5.41, 5.74) is 2.69. The first-order valence-electron chi connectivity index (χ1n) is 5.28. The van der Waals surface area contributed by atoms with Crippen molar-refractivity contribution in [1.82, 2.24) is 5.32 Å². The first-order chi connectivity index (χ1) is 7.18. The predicted octanol–water partition coefficient (Wildman–Crippen LogP) is 3.53. The summed E-state index contributed by atoms with van der Waals surface area (Å²) in [5.74, 6) is 0. The molecule has 1 aliphatic rings. The molecule has 1 aromatic rings. The largest absolute Gasteiger partial charge is 0.307 e. The van der Waals surface area contributed by atoms with Gasteiger partial charge in [-0.3, -0.25) is 0 Å². The molecule has 0 saturated heterocycles. The fourth-order valence-electron chi connectivity index (χ4n) is 2.07. The van der Waals surface area contributed by atoms with Crippen molar-refractivity contribution in [3.63, 3.8) is 0 Å². The molecule has 0 radical (unpaired) electrons. The van der Waals surface area contributed by atoms with Gasteiger partial charge < -0.3 is 5.32 Å². The third-order valence-corrected chi connectivity index (χ3v) is 3.35. The Morgan fingerprint density at radius 1 is 1.44 bits per heavy atom. The number of fused-ring (bicyclic) bond motifs is 1. The molecule has 2 rings (SSSR count). The highest BCUT2D eigenvalue weighted by Crippen LogP contribution is 2.34. The summed E-state index contributed by atoms with van der Waals surface area (Å²) in [7, 11) is 0. The number of hydrogen-bond acceptors (Lipinski definition) is 1. The van der Waals surface area contributed by atoms with Crippen molar-refractivity contribution in [3.8, 4) is 0 Å². The Hall–Kier alpha value is 0.0500. The van der Waals surface area contributed by atoms with E-state index in [0.29, 0.717) is 0 Å². The van der Waals surface area contributed by atoms with Crippen LogP contribution in [0.3, 0.4) is 0 Å². The van der Waals surface area contributed by atoms with Crippen molar-refractivity contribution in [1.29, 1.82) is 0 Å². The summed E-state index contributed by atoms with van der Waals surface area (Å²) < 4.78 is 0. The van der Waals surface area contributed by atoms with Gasteiger partial charge in [0.05, 0.1) is 5.38 Å². The number of halogens is 3. The lowest BCUT2D eigenvalue weighted by Crippen LogP contribution is -2.30. The first-order valence-corrected chi connectivity index (χ1v) is 6.15. The van der Waals surface area contributed by atoms with Crippen LogP contribution in [0, 0.1) is 0 Å². The Balaban J connectivity index is 0.00000128. The summed E-state index contributed by atoms with van der Waals surface area (Å²) in [6.07, 6.45) is 0.950. The highest BCUT2D eigenvalue weighted by atomic mass is 35.5. The number of alkyl halides is 2. The SMILES string of the molecule is CC(Cl)CNC1c2ccccc2CC1Cl.Cl. The Kier molecular flexibility index (Phi) is 5.39. The van der Waals surface area contributed by atoms with E-state index >= 15 is 0 Å². The van der Waals surface area contributed by atoms with E-state index in [2.05, 4.69) is 29.6 Å². The molecule has 0 saturated carbocycles. The minimum atomic E-state index is 0. The second-order valence-electron chi connectivity index (χ2n) is 4.09. The molecule has 1 N–H and O–H groups in total. The minimum Gasteiger partial charge on any atom is -0.307 e. The number of hydrogen-bond donors (Lipinski definition) is 1. The predicted molar refractivity (Wildman–Crippen MR) is 73.1 cm³/mol. The van der Waals surface area contributed by atoms with E-state index in [1.165, 1.54) is 11.1 Å². The monoisotopic (exact) mass is 279 g/mol. The van der Waals surface area contributed by atoms with E-state index in [1.807, 2.05) is 6.92 Å². The number of rotatable bonds is 3. The van der Waals surface area contributed by atoms with E-state index in [-0.39, 0.29) is 29.2 Å². The van der Waals surface area contributed by atoms with Crippen molar-refractivity contribution in [2.24, 2.45) is 0 Å². The lowest BCUT2D eigenvalue weighted by molar-refractivity contribution is 0.537. The van der Waals surface area contributed by atoms with Crippen LogP contribution < -0.4 is 5.32 Å². The summed E-state index contributed by atoms with van der Waals surface area (Å²) in [5, 5.41) is 3.71. The molecule has 1 nitrogen and oxygen atoms in total. The Morgan fingerprint density at radius 2 is 2.12 bits per heavy atom. The van der Waals surface area contributed by atoms with Crippen molar-refractivity contribution in [2.45, 2.75) is 30.1 Å². The molecule has 0 aromatic heterocycles. The van der Waals surface area contributed by atoms with Crippen LogP contribution in [0.5, 0.6) is 0 Å². The molecule has 0 heterocycles. The molecule has 16 heavy (non-hydrogen) atoms. The molecule has 1 aliphatic carbocycles. The molecule has 0 spiro atoms. The minimum absolute atomic E-state index is 0. The van der Waals surface area contributed by atoms with E-state index < -0.39 is 0 Å². The zero-order chi connectivity index (χ0) is 10.8. The van der Waals surface area contributed by atoms with Crippen molar-refractivity contribution < 1.29 is 0 Å². The van der Waals surface area contributed by atoms with Crippen LogP contribution >= 0.6 is 35.6 Å². The lowest BCUT2D eigenvalue weighted by Gasteiger charge is -2.18. The van der Waals surface area contributed by atoms with Crippen LogP contribution in [0.4, 0.5) is 0 Å². The average molecular weight is 281 g/mol. The molecule has 4 heteroatoms. The first kappa shape index (κ1) is 14.1. The van der Waals surface area contributed by atoms with Gasteiger partial charge in [0.2, 0.25) is 0 Å². The highest BCUT2D eigenvalue weighted by Gasteiger charge is 2.30. The van der Waals surface area contributed by atoms with E-state index in [4.69, 9.17) is 23.2 Å². The van der Waals surface area contributed by atoms with Gasteiger partial charge in [-0.15, -0.1) is 35.6 Å². The van der Waals surface area contributed by atoms with Crippen molar-refractivity contribution in [3.05, 3.63) is 35.4 Å². The molecule has 0 fully saturated rings. The van der Waals surface area contributed by atoms with Crippen LogP contribution in [-0.4, -0.2) is 17.3 Å². The van der Waals surface area contributed by atoms with Crippen LogP contribution in [0.2, 0.25) is 0 Å².